The molecule has 1 aromatic heterocycles. The Morgan fingerprint density at radius 1 is 1.07 bits per heavy atom. The average Bonchev–Trinajstić information content (AvgIpc) is 3.20. The van der Waals surface area contributed by atoms with Crippen molar-refractivity contribution in [2.45, 2.75) is 39.0 Å². The Morgan fingerprint density at radius 2 is 1.79 bits per heavy atom. The first-order valence-corrected chi connectivity index (χ1v) is 9.88. The molecule has 0 saturated carbocycles. The summed E-state index contributed by atoms with van der Waals surface area (Å²) in [6, 6.07) is 9.69. The molecular formula is C21H30N6O. The lowest BCUT2D eigenvalue weighted by atomic mass is 9.87. The van der Waals surface area contributed by atoms with E-state index in [0.717, 1.165) is 30.4 Å². The van der Waals surface area contributed by atoms with E-state index < -0.39 is 0 Å². The van der Waals surface area contributed by atoms with Gasteiger partial charge >= 0.3 is 6.03 Å². The minimum atomic E-state index is -0.217. The number of urea groups is 1. The smallest absolute Gasteiger partial charge is 0.319 e. The summed E-state index contributed by atoms with van der Waals surface area (Å²) in [5.41, 5.74) is 2.12. The highest BCUT2D eigenvalue weighted by Gasteiger charge is 2.14. The molecule has 0 aliphatic carbocycles. The number of nitrogens with zero attached hydrogens (tertiary/aromatic N) is 3. The second-order valence-electron chi connectivity index (χ2n) is 8.09. The number of nitrogens with one attached hydrogen (secondary N) is 3. The van der Waals surface area contributed by atoms with Crippen LogP contribution in [0.2, 0.25) is 0 Å². The first-order valence-electron chi connectivity index (χ1n) is 9.88. The van der Waals surface area contributed by atoms with Crippen molar-refractivity contribution in [2.75, 3.05) is 41.7 Å². The van der Waals surface area contributed by atoms with Crippen molar-refractivity contribution in [3.8, 4) is 0 Å². The molecule has 1 saturated heterocycles. The highest BCUT2D eigenvalue weighted by molar-refractivity contribution is 5.89. The van der Waals surface area contributed by atoms with Gasteiger partial charge in [0.2, 0.25) is 0 Å². The van der Waals surface area contributed by atoms with Gasteiger partial charge in [0, 0.05) is 37.9 Å². The van der Waals surface area contributed by atoms with Gasteiger partial charge in [0.15, 0.2) is 0 Å². The van der Waals surface area contributed by atoms with E-state index in [4.69, 9.17) is 0 Å². The molecule has 0 spiro atoms. The number of hydrogen-bond donors (Lipinski definition) is 3. The summed E-state index contributed by atoms with van der Waals surface area (Å²) in [5, 5.41) is 8.94. The summed E-state index contributed by atoms with van der Waals surface area (Å²) in [5.74, 6) is 1.73. The van der Waals surface area contributed by atoms with Gasteiger partial charge < -0.3 is 20.9 Å². The molecule has 1 aliphatic heterocycles. The topological polar surface area (TPSA) is 82.2 Å². The summed E-state index contributed by atoms with van der Waals surface area (Å²) in [6.45, 7) is 9.69. The average molecular weight is 383 g/mol. The van der Waals surface area contributed by atoms with Crippen molar-refractivity contribution in [3.05, 3.63) is 42.2 Å². The Balaban J connectivity index is 1.40. The van der Waals surface area contributed by atoms with Gasteiger partial charge in [-0.05, 0) is 36.0 Å². The Morgan fingerprint density at radius 3 is 2.46 bits per heavy atom. The van der Waals surface area contributed by atoms with Crippen LogP contribution in [-0.2, 0) is 5.41 Å². The van der Waals surface area contributed by atoms with E-state index in [1.165, 1.54) is 18.4 Å². The lowest BCUT2D eigenvalue weighted by Gasteiger charge is -2.19. The van der Waals surface area contributed by atoms with Crippen molar-refractivity contribution in [3.63, 3.8) is 0 Å². The van der Waals surface area contributed by atoms with Crippen molar-refractivity contribution < 1.29 is 4.79 Å². The highest BCUT2D eigenvalue weighted by Crippen LogP contribution is 2.23. The number of rotatable bonds is 6. The molecule has 0 bridgehead atoms. The maximum absolute atomic E-state index is 12.1. The number of hydrogen-bond acceptors (Lipinski definition) is 5. The summed E-state index contributed by atoms with van der Waals surface area (Å²) in [6.07, 6.45) is 4.01. The number of amides is 2. The van der Waals surface area contributed by atoms with Crippen molar-refractivity contribution in [1.82, 2.24) is 15.3 Å². The number of aromatic nitrogens is 2. The molecule has 7 heteroatoms. The van der Waals surface area contributed by atoms with E-state index >= 15 is 0 Å². The van der Waals surface area contributed by atoms with Gasteiger partial charge in [0.05, 0.1) is 0 Å². The standard InChI is InChI=1S/C21H30N6O/c1-21(2,3)16-6-8-17(9-7-16)26-20(28)23-11-10-22-18-14-19(25-15-24-18)27-12-4-5-13-27/h6-9,14-15H,4-5,10-13H2,1-3H3,(H,22,24,25)(H2,23,26,28). The molecule has 3 N–H and O–H groups in total. The third-order valence-electron chi connectivity index (χ3n) is 4.81. The lowest BCUT2D eigenvalue weighted by Crippen LogP contribution is -2.32. The second kappa shape index (κ2) is 8.91. The van der Waals surface area contributed by atoms with Gasteiger partial charge in [0.1, 0.15) is 18.0 Å². The van der Waals surface area contributed by atoms with Crippen LogP contribution in [0.3, 0.4) is 0 Å². The maximum Gasteiger partial charge on any atom is 0.319 e. The quantitative estimate of drug-likeness (QED) is 0.665. The van der Waals surface area contributed by atoms with E-state index in [-0.39, 0.29) is 11.4 Å². The zero-order valence-corrected chi connectivity index (χ0v) is 17.0. The number of carbonyl (C=O) groups is 1. The van der Waals surface area contributed by atoms with Crippen LogP contribution in [0, 0.1) is 0 Å². The molecule has 28 heavy (non-hydrogen) atoms. The zero-order chi connectivity index (χ0) is 20.0. The normalized spacial score (nSPS) is 14.0. The largest absolute Gasteiger partial charge is 0.368 e. The van der Waals surface area contributed by atoms with Crippen LogP contribution < -0.4 is 20.9 Å². The van der Waals surface area contributed by atoms with Crippen LogP contribution in [0.15, 0.2) is 36.7 Å². The number of benzene rings is 1. The van der Waals surface area contributed by atoms with Crippen LogP contribution in [0.1, 0.15) is 39.2 Å². The van der Waals surface area contributed by atoms with Crippen LogP contribution in [0.4, 0.5) is 22.1 Å². The first kappa shape index (κ1) is 19.9. The monoisotopic (exact) mass is 382 g/mol. The lowest BCUT2D eigenvalue weighted by molar-refractivity contribution is 0.252. The molecule has 2 heterocycles. The van der Waals surface area contributed by atoms with E-state index in [1.807, 2.05) is 30.3 Å². The molecule has 2 aromatic rings. The third kappa shape index (κ3) is 5.58. The fraction of sp³-hybridized carbons (Fsp3) is 0.476. The molecule has 1 aromatic carbocycles. The summed E-state index contributed by atoms with van der Waals surface area (Å²) in [7, 11) is 0. The SMILES string of the molecule is CC(C)(C)c1ccc(NC(=O)NCCNc2cc(N3CCCC3)ncn2)cc1. The van der Waals surface area contributed by atoms with Gasteiger partial charge in [0.25, 0.3) is 0 Å². The first-order chi connectivity index (χ1) is 13.4. The van der Waals surface area contributed by atoms with Crippen LogP contribution in [0.5, 0.6) is 0 Å². The molecule has 2 amide bonds. The van der Waals surface area contributed by atoms with E-state index in [9.17, 15) is 4.79 Å². The Hall–Kier alpha value is -2.83. The predicted molar refractivity (Wildman–Crippen MR) is 114 cm³/mol. The maximum atomic E-state index is 12.1. The van der Waals surface area contributed by atoms with Crippen LogP contribution in [-0.4, -0.2) is 42.2 Å². The molecule has 0 atom stereocenters. The molecule has 1 aliphatic rings. The Kier molecular flexibility index (Phi) is 6.34. The van der Waals surface area contributed by atoms with E-state index in [2.05, 4.69) is 51.6 Å². The van der Waals surface area contributed by atoms with Gasteiger partial charge in [-0.2, -0.15) is 0 Å². The van der Waals surface area contributed by atoms with E-state index in [0.29, 0.717) is 13.1 Å². The van der Waals surface area contributed by atoms with Crippen LogP contribution in [0.25, 0.3) is 0 Å². The molecule has 150 valence electrons. The zero-order valence-electron chi connectivity index (χ0n) is 17.0. The summed E-state index contributed by atoms with van der Waals surface area (Å²) >= 11 is 0. The molecular weight excluding hydrogens is 352 g/mol. The Bertz CT molecular complexity index is 778. The number of anilines is 3. The molecule has 0 unspecified atom stereocenters. The fourth-order valence-corrected chi connectivity index (χ4v) is 3.16. The molecule has 3 rings (SSSR count). The minimum absolute atomic E-state index is 0.0993. The van der Waals surface area contributed by atoms with Gasteiger partial charge in [-0.15, -0.1) is 0 Å². The molecule has 7 nitrogen and oxygen atoms in total. The van der Waals surface area contributed by atoms with Gasteiger partial charge in [-0.25, -0.2) is 14.8 Å². The van der Waals surface area contributed by atoms with Crippen molar-refractivity contribution >= 4 is 23.4 Å². The molecule has 0 radical (unpaired) electrons. The fourth-order valence-electron chi connectivity index (χ4n) is 3.16. The molecule has 1 fully saturated rings. The van der Waals surface area contributed by atoms with Gasteiger partial charge in [-0.3, -0.25) is 0 Å². The van der Waals surface area contributed by atoms with Crippen molar-refractivity contribution in [2.24, 2.45) is 0 Å². The predicted octanol–water partition coefficient (Wildman–Crippen LogP) is 3.61. The summed E-state index contributed by atoms with van der Waals surface area (Å²) < 4.78 is 0. The van der Waals surface area contributed by atoms with Crippen LogP contribution >= 0.6 is 0 Å². The van der Waals surface area contributed by atoms with Gasteiger partial charge in [-0.1, -0.05) is 32.9 Å². The number of carbonyl (C=O) groups excluding carboxylic acids is 1. The summed E-state index contributed by atoms with van der Waals surface area (Å²) in [4.78, 5) is 22.9. The highest BCUT2D eigenvalue weighted by atomic mass is 16.2. The van der Waals surface area contributed by atoms with E-state index in [1.54, 1.807) is 6.33 Å². The Labute approximate surface area is 167 Å². The second-order valence-corrected chi connectivity index (χ2v) is 8.09. The third-order valence-corrected chi connectivity index (χ3v) is 4.81. The van der Waals surface area contributed by atoms with Crippen molar-refractivity contribution in [1.29, 1.82) is 0 Å². The minimum Gasteiger partial charge on any atom is -0.368 e.